The molecule has 1 aliphatic heterocycles. The van der Waals surface area contributed by atoms with E-state index in [4.69, 9.17) is 16.6 Å². The number of urea groups is 1. The summed E-state index contributed by atoms with van der Waals surface area (Å²) in [7, 11) is 0. The third kappa shape index (κ3) is 8.60. The summed E-state index contributed by atoms with van der Waals surface area (Å²) in [5.74, 6) is 0.749. The van der Waals surface area contributed by atoms with E-state index in [1.807, 2.05) is 81.1 Å². The van der Waals surface area contributed by atoms with Crippen molar-refractivity contribution in [3.63, 3.8) is 0 Å². The topological polar surface area (TPSA) is 90.5 Å². The van der Waals surface area contributed by atoms with Crippen LogP contribution < -0.4 is 15.5 Å². The fourth-order valence-corrected chi connectivity index (χ4v) is 5.52. The highest BCUT2D eigenvalue weighted by molar-refractivity contribution is 7.99. The molecule has 0 bridgehead atoms. The van der Waals surface area contributed by atoms with E-state index in [0.717, 1.165) is 11.1 Å². The van der Waals surface area contributed by atoms with Crippen molar-refractivity contribution in [1.29, 1.82) is 0 Å². The molecule has 2 heterocycles. The van der Waals surface area contributed by atoms with E-state index in [9.17, 15) is 9.59 Å². The van der Waals surface area contributed by atoms with Crippen LogP contribution in [0.3, 0.4) is 0 Å². The number of halogens is 1. The normalized spacial score (nSPS) is 16.4. The van der Waals surface area contributed by atoms with Gasteiger partial charge in [0.1, 0.15) is 11.0 Å². The molecule has 1 saturated heterocycles. The monoisotopic (exact) mass is 580 g/mol. The molecule has 3 aromatic rings. The van der Waals surface area contributed by atoms with Crippen LogP contribution in [0.2, 0.25) is 5.15 Å². The first-order valence-corrected chi connectivity index (χ1v) is 14.8. The highest BCUT2D eigenvalue weighted by Gasteiger charge is 2.30. The number of carbonyl (C=O) groups excluding carboxylic acids is 2. The number of rotatable bonds is 8. The minimum Gasteiger partial charge on any atom is -0.353 e. The van der Waals surface area contributed by atoms with Gasteiger partial charge >= 0.3 is 6.03 Å². The van der Waals surface area contributed by atoms with Crippen molar-refractivity contribution in [2.24, 2.45) is 0 Å². The quantitative estimate of drug-likeness (QED) is 0.212. The first kappa shape index (κ1) is 29.7. The minimum absolute atomic E-state index is 0.00810. The van der Waals surface area contributed by atoms with Crippen LogP contribution >= 0.6 is 23.4 Å². The highest BCUT2D eigenvalue weighted by Crippen LogP contribution is 2.25. The maximum Gasteiger partial charge on any atom is 0.318 e. The molecule has 2 unspecified atom stereocenters. The van der Waals surface area contributed by atoms with Gasteiger partial charge < -0.3 is 20.4 Å². The molecule has 0 radical (unpaired) electrons. The van der Waals surface area contributed by atoms with Crippen molar-refractivity contribution < 1.29 is 9.59 Å². The second-order valence-corrected chi connectivity index (χ2v) is 12.3. The molecule has 1 fully saturated rings. The Balaban J connectivity index is 1.37. The smallest absolute Gasteiger partial charge is 0.318 e. The number of benzene rings is 2. The first-order chi connectivity index (χ1) is 19.1. The van der Waals surface area contributed by atoms with E-state index in [1.54, 1.807) is 6.07 Å². The number of hydrogen-bond donors (Lipinski definition) is 2. The van der Waals surface area contributed by atoms with E-state index < -0.39 is 0 Å². The number of nitrogens with one attached hydrogen (secondary N) is 2. The second kappa shape index (κ2) is 13.4. The molecular formula is C30H37ClN6O2S. The van der Waals surface area contributed by atoms with Gasteiger partial charge in [0.2, 0.25) is 5.91 Å². The maximum absolute atomic E-state index is 13.0. The van der Waals surface area contributed by atoms with Crippen molar-refractivity contribution in [2.75, 3.05) is 30.3 Å². The molecular weight excluding hydrogens is 544 g/mol. The summed E-state index contributed by atoms with van der Waals surface area (Å²) in [6.45, 7) is 9.75. The van der Waals surface area contributed by atoms with Crippen molar-refractivity contribution in [3.8, 4) is 0 Å². The van der Waals surface area contributed by atoms with E-state index in [0.29, 0.717) is 42.2 Å². The largest absolute Gasteiger partial charge is 0.353 e. The predicted octanol–water partition coefficient (Wildman–Crippen LogP) is 5.34. The van der Waals surface area contributed by atoms with Gasteiger partial charge in [-0.3, -0.25) is 4.79 Å². The van der Waals surface area contributed by atoms with Crippen molar-refractivity contribution in [3.05, 3.63) is 83.0 Å². The Kier molecular flexibility index (Phi) is 9.92. The van der Waals surface area contributed by atoms with Crippen LogP contribution in [0, 0.1) is 0 Å². The third-order valence-electron chi connectivity index (χ3n) is 6.51. The zero-order valence-corrected chi connectivity index (χ0v) is 25.0. The Hall–Kier alpha value is -3.30. The van der Waals surface area contributed by atoms with Gasteiger partial charge in [0.25, 0.3) is 0 Å². The van der Waals surface area contributed by atoms with Gasteiger partial charge in [-0.15, -0.1) is 0 Å². The lowest BCUT2D eigenvalue weighted by Gasteiger charge is -2.41. The Morgan fingerprint density at radius 1 is 1.05 bits per heavy atom. The van der Waals surface area contributed by atoms with Crippen molar-refractivity contribution in [1.82, 2.24) is 25.5 Å². The Labute approximate surface area is 245 Å². The summed E-state index contributed by atoms with van der Waals surface area (Å²) in [4.78, 5) is 38.7. The molecule has 212 valence electrons. The molecule has 0 saturated carbocycles. The molecule has 8 nitrogen and oxygen atoms in total. The van der Waals surface area contributed by atoms with Crippen LogP contribution in [0.5, 0.6) is 0 Å². The Bertz CT molecular complexity index is 1290. The summed E-state index contributed by atoms with van der Waals surface area (Å²) < 4.78 is 0. The Morgan fingerprint density at radius 3 is 2.38 bits per heavy atom. The Morgan fingerprint density at radius 2 is 1.73 bits per heavy atom. The summed E-state index contributed by atoms with van der Waals surface area (Å²) in [6.07, 6.45) is 0.691. The van der Waals surface area contributed by atoms with Gasteiger partial charge in [-0.05, 0) is 45.2 Å². The van der Waals surface area contributed by atoms with Gasteiger partial charge in [0, 0.05) is 37.3 Å². The fraction of sp³-hybridized carbons (Fsp3) is 0.400. The van der Waals surface area contributed by atoms with Crippen LogP contribution in [-0.4, -0.2) is 63.8 Å². The van der Waals surface area contributed by atoms with Crippen LogP contribution in [0.25, 0.3) is 0 Å². The summed E-state index contributed by atoms with van der Waals surface area (Å²) in [5, 5.41) is 6.98. The number of carbonyl (C=O) groups is 2. The SMILES string of the molecule is CC1CN(c2cc(Cl)nc(SCC(=O)NC(Cc3ccccc3)c3ccccc3)n2)CCN1C(=O)NC(C)(C)C. The minimum atomic E-state index is -0.296. The lowest BCUT2D eigenvalue weighted by molar-refractivity contribution is -0.119. The number of piperazine rings is 1. The van der Waals surface area contributed by atoms with Crippen molar-refractivity contribution in [2.45, 2.75) is 56.9 Å². The van der Waals surface area contributed by atoms with E-state index in [1.165, 1.54) is 11.8 Å². The third-order valence-corrected chi connectivity index (χ3v) is 7.55. The number of amides is 3. The van der Waals surface area contributed by atoms with Crippen molar-refractivity contribution >= 4 is 41.1 Å². The van der Waals surface area contributed by atoms with Gasteiger partial charge in [0.15, 0.2) is 5.16 Å². The average Bonchev–Trinajstić information content (AvgIpc) is 2.91. The summed E-state index contributed by atoms with van der Waals surface area (Å²) in [5.41, 5.74) is 1.91. The zero-order valence-electron chi connectivity index (χ0n) is 23.4. The number of anilines is 1. The lowest BCUT2D eigenvalue weighted by Crippen LogP contribution is -2.59. The molecule has 2 N–H and O–H groups in total. The molecule has 10 heteroatoms. The molecule has 0 spiro atoms. The summed E-state index contributed by atoms with van der Waals surface area (Å²) in [6, 6.07) is 21.6. The lowest BCUT2D eigenvalue weighted by atomic mass is 9.99. The van der Waals surface area contributed by atoms with E-state index in [-0.39, 0.29) is 35.3 Å². The molecule has 2 atom stereocenters. The number of thioether (sulfide) groups is 1. The van der Waals surface area contributed by atoms with Crippen LogP contribution in [0.1, 0.15) is 44.9 Å². The molecule has 2 aromatic carbocycles. The number of aromatic nitrogens is 2. The fourth-order valence-electron chi connectivity index (χ4n) is 4.63. The predicted molar refractivity (Wildman–Crippen MR) is 162 cm³/mol. The number of hydrogen-bond acceptors (Lipinski definition) is 6. The zero-order chi connectivity index (χ0) is 28.7. The average molecular weight is 581 g/mol. The van der Waals surface area contributed by atoms with E-state index in [2.05, 4.69) is 32.7 Å². The first-order valence-electron chi connectivity index (χ1n) is 13.5. The maximum atomic E-state index is 13.0. The molecule has 40 heavy (non-hydrogen) atoms. The molecule has 1 aromatic heterocycles. The molecule has 4 rings (SSSR count). The second-order valence-electron chi connectivity index (χ2n) is 11.0. The van der Waals surface area contributed by atoms with E-state index >= 15 is 0 Å². The molecule has 3 amide bonds. The van der Waals surface area contributed by atoms with Crippen LogP contribution in [0.15, 0.2) is 71.9 Å². The highest BCUT2D eigenvalue weighted by atomic mass is 35.5. The van der Waals surface area contributed by atoms with Gasteiger partial charge in [-0.2, -0.15) is 0 Å². The van der Waals surface area contributed by atoms with Gasteiger partial charge in [-0.1, -0.05) is 84.0 Å². The molecule has 0 aliphatic carbocycles. The van der Waals surface area contributed by atoms with Crippen LogP contribution in [-0.2, 0) is 11.2 Å². The summed E-state index contributed by atoms with van der Waals surface area (Å²) >= 11 is 7.62. The number of nitrogens with zero attached hydrogens (tertiary/aromatic N) is 4. The van der Waals surface area contributed by atoms with Gasteiger partial charge in [-0.25, -0.2) is 14.8 Å². The standard InChI is InChI=1S/C30H37ClN6O2S/c1-21-19-36(15-16-37(21)29(39)35-30(2,3)4)26-18-25(31)33-28(34-26)40-20-27(38)32-24(23-13-9-6-10-14-23)17-22-11-7-5-8-12-22/h5-14,18,21,24H,15-17,19-20H2,1-4H3,(H,32,38)(H,35,39). The van der Waals surface area contributed by atoms with Crippen LogP contribution in [0.4, 0.5) is 10.6 Å². The van der Waals surface area contributed by atoms with Gasteiger partial charge in [0.05, 0.1) is 11.8 Å². The molecule has 1 aliphatic rings.